The largest absolute Gasteiger partial charge is 0.242 e. The van der Waals surface area contributed by atoms with Crippen LogP contribution in [0.1, 0.15) is 17.0 Å². The number of aromatic nitrogens is 2. The van der Waals surface area contributed by atoms with E-state index in [0.717, 1.165) is 5.56 Å². The van der Waals surface area contributed by atoms with E-state index >= 15 is 0 Å². The van der Waals surface area contributed by atoms with Gasteiger partial charge in [-0.2, -0.15) is 9.65 Å². The van der Waals surface area contributed by atoms with Gasteiger partial charge in [0.05, 0.1) is 0 Å². The summed E-state index contributed by atoms with van der Waals surface area (Å²) >= 11 is 0. The summed E-state index contributed by atoms with van der Waals surface area (Å²) in [6, 6.07) is 7.01. The maximum atomic E-state index is 13.7. The van der Waals surface area contributed by atoms with Crippen molar-refractivity contribution in [2.45, 2.75) is 13.8 Å². The lowest BCUT2D eigenvalue weighted by molar-refractivity contribution is 0.586. The second-order valence-corrected chi connectivity index (χ2v) is 3.79. The minimum Gasteiger partial charge on any atom is -0.242 e. The van der Waals surface area contributed by atoms with Crippen LogP contribution in [0.15, 0.2) is 24.4 Å². The molecule has 0 bridgehead atoms. The van der Waals surface area contributed by atoms with E-state index in [4.69, 9.17) is 5.26 Å². The van der Waals surface area contributed by atoms with Crippen molar-refractivity contribution in [3.05, 3.63) is 47.3 Å². The Hall–Kier alpha value is -2.28. The fourth-order valence-electron chi connectivity index (χ4n) is 1.74. The molecule has 0 amide bonds. The molecule has 84 valence electrons. The normalized spacial score (nSPS) is 10.0. The fraction of sp³-hybridized carbons (Fsp3) is 0.154. The van der Waals surface area contributed by atoms with Crippen LogP contribution in [-0.4, -0.2) is 9.97 Å². The Bertz CT molecular complexity index is 594. The Labute approximate surface area is 98.6 Å². The van der Waals surface area contributed by atoms with Gasteiger partial charge in [-0.25, -0.2) is 9.97 Å². The summed E-state index contributed by atoms with van der Waals surface area (Å²) in [4.78, 5) is 7.66. The molecule has 2 heterocycles. The maximum absolute atomic E-state index is 13.7. The van der Waals surface area contributed by atoms with Crippen LogP contribution in [0.2, 0.25) is 0 Å². The minimum absolute atomic E-state index is 0.280. The second kappa shape index (κ2) is 4.30. The first kappa shape index (κ1) is 11.2. The molecule has 2 aromatic heterocycles. The van der Waals surface area contributed by atoms with Crippen LogP contribution in [0.3, 0.4) is 0 Å². The summed E-state index contributed by atoms with van der Waals surface area (Å²) in [5, 5.41) is 8.85. The predicted molar refractivity (Wildman–Crippen MR) is 61.6 cm³/mol. The van der Waals surface area contributed by atoms with Crippen LogP contribution in [0.5, 0.6) is 0 Å². The van der Waals surface area contributed by atoms with Gasteiger partial charge in [-0.1, -0.05) is 0 Å². The number of hydrogen-bond donors (Lipinski definition) is 0. The van der Waals surface area contributed by atoms with E-state index in [1.54, 1.807) is 25.1 Å². The summed E-state index contributed by atoms with van der Waals surface area (Å²) < 4.78 is 13.7. The van der Waals surface area contributed by atoms with Crippen LogP contribution in [0, 0.1) is 31.1 Å². The van der Waals surface area contributed by atoms with Gasteiger partial charge in [0.15, 0.2) is 0 Å². The van der Waals surface area contributed by atoms with E-state index in [9.17, 15) is 4.39 Å². The van der Waals surface area contributed by atoms with Crippen molar-refractivity contribution in [3.63, 3.8) is 0 Å². The number of halogens is 1. The van der Waals surface area contributed by atoms with Crippen molar-refractivity contribution in [3.8, 4) is 17.2 Å². The molecule has 0 saturated heterocycles. The van der Waals surface area contributed by atoms with Gasteiger partial charge in [0.2, 0.25) is 5.95 Å². The highest BCUT2D eigenvalue weighted by Gasteiger charge is 2.11. The van der Waals surface area contributed by atoms with Gasteiger partial charge in [0.1, 0.15) is 11.8 Å². The Balaban J connectivity index is 2.69. The Morgan fingerprint density at radius 2 is 2.06 bits per heavy atom. The average Bonchev–Trinajstić information content (AvgIpc) is 2.28. The molecule has 0 aliphatic rings. The topological polar surface area (TPSA) is 49.6 Å². The highest BCUT2D eigenvalue weighted by Crippen LogP contribution is 2.26. The van der Waals surface area contributed by atoms with E-state index in [0.29, 0.717) is 16.8 Å². The van der Waals surface area contributed by atoms with Gasteiger partial charge < -0.3 is 0 Å². The van der Waals surface area contributed by atoms with E-state index in [2.05, 4.69) is 9.97 Å². The Morgan fingerprint density at radius 1 is 1.29 bits per heavy atom. The molecule has 0 aliphatic heterocycles. The first-order chi connectivity index (χ1) is 8.11. The smallest absolute Gasteiger partial charge is 0.220 e. The third-order valence-corrected chi connectivity index (χ3v) is 2.47. The van der Waals surface area contributed by atoms with Gasteiger partial charge in [-0.3, -0.25) is 0 Å². The first-order valence-corrected chi connectivity index (χ1v) is 5.12. The number of hydrogen-bond acceptors (Lipinski definition) is 3. The lowest BCUT2D eigenvalue weighted by atomic mass is 10.0. The van der Waals surface area contributed by atoms with Crippen molar-refractivity contribution >= 4 is 0 Å². The van der Waals surface area contributed by atoms with Gasteiger partial charge in [0.25, 0.3) is 0 Å². The number of aryl methyl sites for hydroxylation is 2. The molecule has 0 atom stereocenters. The van der Waals surface area contributed by atoms with Crippen molar-refractivity contribution < 1.29 is 4.39 Å². The first-order valence-electron chi connectivity index (χ1n) is 5.12. The number of nitrogens with zero attached hydrogens (tertiary/aromatic N) is 3. The molecule has 0 aromatic carbocycles. The van der Waals surface area contributed by atoms with E-state index < -0.39 is 5.95 Å². The third-order valence-electron chi connectivity index (χ3n) is 2.47. The molecular formula is C13H10FN3. The lowest BCUT2D eigenvalue weighted by Gasteiger charge is -2.07. The molecule has 0 fully saturated rings. The number of nitriles is 1. The zero-order chi connectivity index (χ0) is 12.4. The van der Waals surface area contributed by atoms with Crippen LogP contribution in [0.25, 0.3) is 11.1 Å². The molecule has 0 spiro atoms. The van der Waals surface area contributed by atoms with Crippen LogP contribution >= 0.6 is 0 Å². The zero-order valence-electron chi connectivity index (χ0n) is 9.53. The zero-order valence-corrected chi connectivity index (χ0v) is 9.53. The van der Waals surface area contributed by atoms with Crippen LogP contribution < -0.4 is 0 Å². The predicted octanol–water partition coefficient (Wildman–Crippen LogP) is 2.77. The Morgan fingerprint density at radius 3 is 2.71 bits per heavy atom. The summed E-state index contributed by atoms with van der Waals surface area (Å²) in [6.45, 7) is 3.58. The standard InChI is InChI=1S/C13H10FN3/c1-8-3-4-16-13(14)12(8)10-5-9(2)17-11(6-10)7-15/h3-6H,1-2H3. The summed E-state index contributed by atoms with van der Waals surface area (Å²) in [5.41, 5.74) is 2.81. The highest BCUT2D eigenvalue weighted by molar-refractivity contribution is 5.67. The fourth-order valence-corrected chi connectivity index (χ4v) is 1.74. The quantitative estimate of drug-likeness (QED) is 0.704. The summed E-state index contributed by atoms with van der Waals surface area (Å²) in [6.07, 6.45) is 1.42. The van der Waals surface area contributed by atoms with E-state index in [1.807, 2.05) is 13.0 Å². The van der Waals surface area contributed by atoms with Crippen molar-refractivity contribution in [1.29, 1.82) is 5.26 Å². The average molecular weight is 227 g/mol. The molecule has 0 saturated carbocycles. The number of rotatable bonds is 1. The van der Waals surface area contributed by atoms with Crippen molar-refractivity contribution in [1.82, 2.24) is 9.97 Å². The molecular weight excluding hydrogens is 217 g/mol. The molecule has 0 N–H and O–H groups in total. The summed E-state index contributed by atoms with van der Waals surface area (Å²) in [5.74, 6) is -0.528. The van der Waals surface area contributed by atoms with Gasteiger partial charge >= 0.3 is 0 Å². The minimum atomic E-state index is -0.528. The molecule has 4 heteroatoms. The van der Waals surface area contributed by atoms with Crippen LogP contribution in [-0.2, 0) is 0 Å². The molecule has 3 nitrogen and oxygen atoms in total. The third kappa shape index (κ3) is 2.13. The lowest BCUT2D eigenvalue weighted by Crippen LogP contribution is -1.95. The maximum Gasteiger partial charge on any atom is 0.220 e. The highest BCUT2D eigenvalue weighted by atomic mass is 19.1. The molecule has 2 rings (SSSR count). The van der Waals surface area contributed by atoms with Gasteiger partial charge in [0, 0.05) is 17.5 Å². The number of pyridine rings is 2. The molecule has 2 aromatic rings. The molecule has 0 aliphatic carbocycles. The van der Waals surface area contributed by atoms with Crippen LogP contribution in [0.4, 0.5) is 4.39 Å². The molecule has 17 heavy (non-hydrogen) atoms. The van der Waals surface area contributed by atoms with E-state index in [-0.39, 0.29) is 5.69 Å². The Kier molecular flexibility index (Phi) is 2.84. The second-order valence-electron chi connectivity index (χ2n) is 3.79. The van der Waals surface area contributed by atoms with Gasteiger partial charge in [-0.05, 0) is 43.2 Å². The summed E-state index contributed by atoms with van der Waals surface area (Å²) in [7, 11) is 0. The molecule has 0 radical (unpaired) electrons. The van der Waals surface area contributed by atoms with E-state index in [1.165, 1.54) is 6.20 Å². The monoisotopic (exact) mass is 227 g/mol. The molecule has 0 unspecified atom stereocenters. The van der Waals surface area contributed by atoms with Gasteiger partial charge in [-0.15, -0.1) is 0 Å². The SMILES string of the molecule is Cc1cc(-c2c(C)ccnc2F)cc(C#N)n1. The van der Waals surface area contributed by atoms with Crippen molar-refractivity contribution in [2.75, 3.05) is 0 Å². The van der Waals surface area contributed by atoms with Crippen molar-refractivity contribution in [2.24, 2.45) is 0 Å².